The molecule has 3 N–H and O–H groups in total. The minimum Gasteiger partial charge on any atom is -0.465 e. The van der Waals surface area contributed by atoms with Crippen LogP contribution >= 0.6 is 11.6 Å². The number of amides is 1. The maximum Gasteiger partial charge on any atom is 0.407 e. The lowest BCUT2D eigenvalue weighted by Crippen LogP contribution is -2.54. The Morgan fingerprint density at radius 1 is 1.58 bits per heavy atom. The molecule has 1 aliphatic heterocycles. The van der Waals surface area contributed by atoms with Crippen molar-refractivity contribution >= 4 is 29.2 Å². The molecule has 0 bridgehead atoms. The minimum atomic E-state index is -0.911. The number of carboxylic acid groups (broad SMARTS) is 1. The topological polar surface area (TPSA) is 88.9 Å². The second kappa shape index (κ2) is 5.50. The molecule has 2 heterocycles. The van der Waals surface area contributed by atoms with Crippen LogP contribution in [-0.2, 0) is 0 Å². The third-order valence-electron chi connectivity index (χ3n) is 3.12. The maximum absolute atomic E-state index is 11.0. The average Bonchev–Trinajstić information content (AvgIpc) is 2.37. The number of nitrogens with zero attached hydrogens (tertiary/aromatic N) is 3. The average molecular weight is 287 g/mol. The molecule has 0 radical (unpaired) electrons. The summed E-state index contributed by atoms with van der Waals surface area (Å²) in [6.45, 7) is 3.33. The number of anilines is 2. The Kier molecular flexibility index (Phi) is 3.96. The standard InChI is InChI=1S/C11H15ClN4O3/c1-7-6-15(2-3-16(7)11(17)18)10-9(12)4-8(14-19)5-13-10/h4-5,7,14,19H,2-3,6H2,1H3,(H,17,18). The van der Waals surface area contributed by atoms with Gasteiger partial charge in [0.05, 0.1) is 16.9 Å². The monoisotopic (exact) mass is 286 g/mol. The van der Waals surface area contributed by atoms with Crippen LogP contribution in [0.2, 0.25) is 5.02 Å². The van der Waals surface area contributed by atoms with Crippen molar-refractivity contribution in [1.82, 2.24) is 9.88 Å². The van der Waals surface area contributed by atoms with Crippen LogP contribution in [0.3, 0.4) is 0 Å². The predicted molar refractivity (Wildman–Crippen MR) is 71.1 cm³/mol. The minimum absolute atomic E-state index is 0.125. The number of piperazine rings is 1. The van der Waals surface area contributed by atoms with Crippen molar-refractivity contribution in [3.63, 3.8) is 0 Å². The Morgan fingerprint density at radius 3 is 2.84 bits per heavy atom. The summed E-state index contributed by atoms with van der Waals surface area (Å²) in [5.74, 6) is 0.595. The van der Waals surface area contributed by atoms with Gasteiger partial charge in [0.2, 0.25) is 0 Å². The zero-order valence-corrected chi connectivity index (χ0v) is 11.1. The van der Waals surface area contributed by atoms with Crippen molar-refractivity contribution in [3.8, 4) is 0 Å². The summed E-state index contributed by atoms with van der Waals surface area (Å²) in [5.41, 5.74) is 2.39. The fourth-order valence-corrected chi connectivity index (χ4v) is 2.44. The molecule has 1 fully saturated rings. The highest BCUT2D eigenvalue weighted by Crippen LogP contribution is 2.27. The van der Waals surface area contributed by atoms with Crippen LogP contribution in [0.15, 0.2) is 12.3 Å². The SMILES string of the molecule is CC1CN(c2ncc(NO)cc2Cl)CCN1C(=O)O. The molecule has 8 heteroatoms. The molecule has 104 valence electrons. The zero-order valence-electron chi connectivity index (χ0n) is 10.4. The first kappa shape index (κ1) is 13.7. The van der Waals surface area contributed by atoms with Crippen LogP contribution in [0.25, 0.3) is 0 Å². The molecule has 7 nitrogen and oxygen atoms in total. The van der Waals surface area contributed by atoms with Crippen molar-refractivity contribution in [2.24, 2.45) is 0 Å². The Bertz CT molecular complexity index is 485. The fraction of sp³-hybridized carbons (Fsp3) is 0.455. The van der Waals surface area contributed by atoms with E-state index in [4.69, 9.17) is 21.9 Å². The van der Waals surface area contributed by atoms with Gasteiger partial charge < -0.3 is 14.9 Å². The molecule has 1 aromatic rings. The number of pyridine rings is 1. The fourth-order valence-electron chi connectivity index (χ4n) is 2.16. The van der Waals surface area contributed by atoms with E-state index < -0.39 is 6.09 Å². The summed E-state index contributed by atoms with van der Waals surface area (Å²) in [6.07, 6.45) is 0.557. The van der Waals surface area contributed by atoms with Crippen molar-refractivity contribution in [2.75, 3.05) is 30.0 Å². The second-order valence-corrected chi connectivity index (χ2v) is 4.82. The summed E-state index contributed by atoms with van der Waals surface area (Å²) >= 11 is 6.10. The van der Waals surface area contributed by atoms with Gasteiger partial charge in [-0.05, 0) is 13.0 Å². The summed E-state index contributed by atoms with van der Waals surface area (Å²) in [5, 5.41) is 18.2. The summed E-state index contributed by atoms with van der Waals surface area (Å²) in [6, 6.07) is 1.44. The number of aromatic nitrogens is 1. The molecule has 1 aromatic heterocycles. The van der Waals surface area contributed by atoms with Gasteiger partial charge in [0.1, 0.15) is 5.82 Å². The second-order valence-electron chi connectivity index (χ2n) is 4.41. The third kappa shape index (κ3) is 2.82. The van der Waals surface area contributed by atoms with Gasteiger partial charge in [-0.2, -0.15) is 0 Å². The number of hydrogen-bond acceptors (Lipinski definition) is 5. The Balaban J connectivity index is 2.14. The van der Waals surface area contributed by atoms with Gasteiger partial charge in [0, 0.05) is 25.7 Å². The molecule has 0 saturated carbocycles. The van der Waals surface area contributed by atoms with Crippen molar-refractivity contribution in [2.45, 2.75) is 13.0 Å². The molecule has 1 aliphatic rings. The highest BCUT2D eigenvalue weighted by molar-refractivity contribution is 6.33. The van der Waals surface area contributed by atoms with E-state index in [0.29, 0.717) is 36.2 Å². The van der Waals surface area contributed by atoms with E-state index in [-0.39, 0.29) is 6.04 Å². The Morgan fingerprint density at radius 2 is 2.32 bits per heavy atom. The molecule has 1 amide bonds. The highest BCUT2D eigenvalue weighted by Gasteiger charge is 2.28. The van der Waals surface area contributed by atoms with Gasteiger partial charge in [0.25, 0.3) is 0 Å². The Hall–Kier alpha value is -1.73. The van der Waals surface area contributed by atoms with Gasteiger partial charge in [-0.3, -0.25) is 10.7 Å². The molecular weight excluding hydrogens is 272 g/mol. The Labute approximate surface area is 115 Å². The van der Waals surface area contributed by atoms with Crippen molar-refractivity contribution in [1.29, 1.82) is 0 Å². The van der Waals surface area contributed by atoms with Crippen LogP contribution in [0.5, 0.6) is 0 Å². The van der Waals surface area contributed by atoms with E-state index in [9.17, 15) is 4.79 Å². The molecular formula is C11H15ClN4O3. The number of hydrogen-bond donors (Lipinski definition) is 3. The molecule has 1 atom stereocenters. The molecule has 0 aliphatic carbocycles. The van der Waals surface area contributed by atoms with Crippen LogP contribution in [0, 0.1) is 0 Å². The number of nitrogens with one attached hydrogen (secondary N) is 1. The van der Waals surface area contributed by atoms with Gasteiger partial charge in [0.15, 0.2) is 0 Å². The van der Waals surface area contributed by atoms with Crippen LogP contribution < -0.4 is 10.4 Å². The van der Waals surface area contributed by atoms with Gasteiger partial charge in [-0.15, -0.1) is 0 Å². The number of rotatable bonds is 2. The van der Waals surface area contributed by atoms with Crippen LogP contribution in [0.1, 0.15) is 6.92 Å². The van der Waals surface area contributed by atoms with Gasteiger partial charge in [-0.1, -0.05) is 11.6 Å². The molecule has 0 spiro atoms. The molecule has 19 heavy (non-hydrogen) atoms. The zero-order chi connectivity index (χ0) is 14.0. The van der Waals surface area contributed by atoms with Crippen molar-refractivity contribution < 1.29 is 15.1 Å². The number of halogens is 1. The predicted octanol–water partition coefficient (Wildman–Crippen LogP) is 1.72. The third-order valence-corrected chi connectivity index (χ3v) is 3.40. The molecule has 2 rings (SSSR count). The van der Waals surface area contributed by atoms with Gasteiger partial charge in [-0.25, -0.2) is 9.78 Å². The van der Waals surface area contributed by atoms with E-state index in [1.807, 2.05) is 17.3 Å². The highest BCUT2D eigenvalue weighted by atomic mass is 35.5. The largest absolute Gasteiger partial charge is 0.465 e. The lowest BCUT2D eigenvalue weighted by Gasteiger charge is -2.39. The molecule has 1 saturated heterocycles. The quantitative estimate of drug-likeness (QED) is 0.718. The summed E-state index contributed by atoms with van der Waals surface area (Å²) in [7, 11) is 0. The lowest BCUT2D eigenvalue weighted by atomic mass is 10.2. The summed E-state index contributed by atoms with van der Waals surface area (Å²) in [4.78, 5) is 18.5. The van der Waals surface area contributed by atoms with E-state index in [0.717, 1.165) is 0 Å². The first-order chi connectivity index (χ1) is 9.02. The molecule has 1 unspecified atom stereocenters. The summed E-state index contributed by atoms with van der Waals surface area (Å²) < 4.78 is 0. The van der Waals surface area contributed by atoms with Crippen LogP contribution in [0.4, 0.5) is 16.3 Å². The first-order valence-corrected chi connectivity index (χ1v) is 6.21. The van der Waals surface area contributed by atoms with Gasteiger partial charge >= 0.3 is 6.09 Å². The molecule has 0 aromatic carbocycles. The normalized spacial score (nSPS) is 19.4. The van der Waals surface area contributed by atoms with E-state index >= 15 is 0 Å². The smallest absolute Gasteiger partial charge is 0.407 e. The maximum atomic E-state index is 11.0. The van der Waals surface area contributed by atoms with E-state index in [1.165, 1.54) is 11.1 Å². The van der Waals surface area contributed by atoms with E-state index in [1.54, 1.807) is 6.07 Å². The van der Waals surface area contributed by atoms with Crippen molar-refractivity contribution in [3.05, 3.63) is 17.3 Å². The number of carbonyl (C=O) groups is 1. The van der Waals surface area contributed by atoms with Crippen LogP contribution in [-0.4, -0.2) is 52.0 Å². The van der Waals surface area contributed by atoms with E-state index in [2.05, 4.69) is 4.98 Å². The first-order valence-electron chi connectivity index (χ1n) is 5.83. The lowest BCUT2D eigenvalue weighted by molar-refractivity contribution is 0.122.